The van der Waals surface area contributed by atoms with Gasteiger partial charge in [0.05, 0.1) is 13.2 Å². The first-order chi connectivity index (χ1) is 21.4. The Hall–Kier alpha value is -2.63. The van der Waals surface area contributed by atoms with Crippen molar-refractivity contribution in [2.45, 2.75) is 99.6 Å². The number of benzene rings is 2. The van der Waals surface area contributed by atoms with Crippen LogP contribution in [0.3, 0.4) is 0 Å². The number of hydrogen-bond donors (Lipinski definition) is 0. The second-order valence-corrected chi connectivity index (χ2v) is 13.7. The third-order valence-electron chi connectivity index (χ3n) is 10.3. The molecule has 2 unspecified atom stereocenters. The molecule has 10 heteroatoms. The molecular formula is C34H44N2O7S. The van der Waals surface area contributed by atoms with Gasteiger partial charge in [0.2, 0.25) is 0 Å². The average Bonchev–Trinajstić information content (AvgIpc) is 3.34. The van der Waals surface area contributed by atoms with Crippen LogP contribution in [0.15, 0.2) is 60.7 Å². The van der Waals surface area contributed by atoms with Gasteiger partial charge in [-0.1, -0.05) is 60.7 Å². The Morgan fingerprint density at radius 3 is 1.34 bits per heavy atom. The standard InChI is InChI=1S/C34H44N2O7S/c1-35-25-13-14-26(35)18-29(17-25)42-33(37)31(23-9-5-3-6-10-23)21-40-44(39)41-22-32(24-11-7-4-8-12-24)34(38)43-30-19-27-15-16-28(20-30)36(27)2/h3-12,25-32H,13-22H2,1-2H3/t25-,26+,27-,28+,29+,30+,31?,32?,44?. The molecule has 4 fully saturated rings. The number of rotatable bonds is 12. The van der Waals surface area contributed by atoms with Gasteiger partial charge in [0.1, 0.15) is 24.0 Å². The van der Waals surface area contributed by atoms with Crippen LogP contribution in [0.1, 0.15) is 74.3 Å². The Morgan fingerprint density at radius 2 is 1.00 bits per heavy atom. The largest absolute Gasteiger partial charge is 0.462 e. The van der Waals surface area contributed by atoms with Crippen molar-refractivity contribution in [3.63, 3.8) is 0 Å². The third kappa shape index (κ3) is 7.26. The molecule has 0 amide bonds. The summed E-state index contributed by atoms with van der Waals surface area (Å²) < 4.78 is 36.1. The normalized spacial score (nSPS) is 30.4. The number of fused-ring (bicyclic) bond motifs is 4. The van der Waals surface area contributed by atoms with Crippen molar-refractivity contribution in [1.29, 1.82) is 0 Å². The topological polar surface area (TPSA) is 94.6 Å². The van der Waals surface area contributed by atoms with Crippen LogP contribution < -0.4 is 0 Å². The van der Waals surface area contributed by atoms with Gasteiger partial charge in [0, 0.05) is 24.2 Å². The van der Waals surface area contributed by atoms with Crippen molar-refractivity contribution in [2.24, 2.45) is 0 Å². The number of esters is 2. The van der Waals surface area contributed by atoms with Crippen LogP contribution in [0.2, 0.25) is 0 Å². The van der Waals surface area contributed by atoms with Gasteiger partial charge in [-0.25, -0.2) is 0 Å². The molecule has 8 atom stereocenters. The molecule has 4 aliphatic rings. The van der Waals surface area contributed by atoms with E-state index in [4.69, 9.17) is 17.8 Å². The lowest BCUT2D eigenvalue weighted by atomic mass is 9.98. The van der Waals surface area contributed by atoms with Gasteiger partial charge >= 0.3 is 23.3 Å². The van der Waals surface area contributed by atoms with Gasteiger partial charge in [-0.3, -0.25) is 18.0 Å². The molecule has 0 spiro atoms. The summed E-state index contributed by atoms with van der Waals surface area (Å²) in [5.41, 5.74) is 1.45. The number of piperidine rings is 2. The molecule has 0 saturated carbocycles. The summed E-state index contributed by atoms with van der Waals surface area (Å²) in [7, 11) is 4.30. The molecule has 4 saturated heterocycles. The van der Waals surface area contributed by atoms with Gasteiger partial charge in [-0.2, -0.15) is 4.21 Å². The van der Waals surface area contributed by atoms with Gasteiger partial charge in [-0.05, 0) is 76.6 Å². The van der Waals surface area contributed by atoms with Crippen LogP contribution in [-0.4, -0.2) is 89.6 Å². The van der Waals surface area contributed by atoms with Gasteiger partial charge < -0.3 is 19.3 Å². The van der Waals surface area contributed by atoms with E-state index in [1.54, 1.807) is 0 Å². The molecule has 0 aromatic heterocycles. The van der Waals surface area contributed by atoms with Gasteiger partial charge in [-0.15, -0.1) is 0 Å². The monoisotopic (exact) mass is 624 g/mol. The third-order valence-corrected chi connectivity index (χ3v) is 11.0. The van der Waals surface area contributed by atoms with Crippen LogP contribution in [0.5, 0.6) is 0 Å². The Bertz CT molecular complexity index is 1170. The highest BCUT2D eigenvalue weighted by molar-refractivity contribution is 7.75. The highest BCUT2D eigenvalue weighted by atomic mass is 32.2. The Labute approximate surface area is 263 Å². The summed E-state index contributed by atoms with van der Waals surface area (Å²) >= 11 is -2.20. The molecule has 4 heterocycles. The zero-order valence-corrected chi connectivity index (χ0v) is 26.4. The van der Waals surface area contributed by atoms with Crippen LogP contribution in [0, 0.1) is 0 Å². The zero-order chi connectivity index (χ0) is 30.6. The van der Waals surface area contributed by atoms with Crippen molar-refractivity contribution in [2.75, 3.05) is 27.3 Å². The van der Waals surface area contributed by atoms with E-state index in [1.165, 1.54) is 0 Å². The van der Waals surface area contributed by atoms with E-state index >= 15 is 0 Å². The molecule has 0 radical (unpaired) electrons. The fourth-order valence-electron chi connectivity index (χ4n) is 7.66. The van der Waals surface area contributed by atoms with Crippen molar-refractivity contribution < 1.29 is 31.6 Å². The van der Waals surface area contributed by atoms with Crippen LogP contribution in [0.25, 0.3) is 0 Å². The Kier molecular flexibility index (Phi) is 10.1. The van der Waals surface area contributed by atoms with Crippen molar-refractivity contribution in [1.82, 2.24) is 9.80 Å². The van der Waals surface area contributed by atoms with E-state index in [9.17, 15) is 13.8 Å². The fraction of sp³-hybridized carbons (Fsp3) is 0.588. The lowest BCUT2D eigenvalue weighted by Crippen LogP contribution is -2.44. The number of hydrogen-bond acceptors (Lipinski definition) is 9. The SMILES string of the molecule is CN1[C@@H]2CC[C@H]1C[C@@H](OC(=O)C(COS(=O)OCC(C(=O)O[C@H]1C[C@H]3CC[C@@H](C1)N3C)c1ccccc1)c1ccccc1)C2. The fourth-order valence-corrected chi connectivity index (χ4v) is 8.22. The lowest BCUT2D eigenvalue weighted by molar-refractivity contribution is -0.155. The summed E-state index contributed by atoms with van der Waals surface area (Å²) in [5, 5.41) is 0. The molecule has 0 aliphatic carbocycles. The lowest BCUT2D eigenvalue weighted by Gasteiger charge is -2.36. The minimum absolute atomic E-state index is 0.137. The van der Waals surface area contributed by atoms with Crippen LogP contribution >= 0.6 is 0 Å². The van der Waals surface area contributed by atoms with Crippen LogP contribution in [-0.2, 0) is 38.8 Å². The summed E-state index contributed by atoms with van der Waals surface area (Å²) in [4.78, 5) is 31.6. The molecule has 2 aromatic rings. The van der Waals surface area contributed by atoms with Gasteiger partial charge in [0.25, 0.3) is 0 Å². The minimum atomic E-state index is -2.20. The maximum Gasteiger partial charge on any atom is 0.316 e. The van der Waals surface area contributed by atoms with E-state index in [0.29, 0.717) is 24.2 Å². The Morgan fingerprint density at radius 1 is 0.659 bits per heavy atom. The first-order valence-corrected chi connectivity index (χ1v) is 17.0. The molecule has 44 heavy (non-hydrogen) atoms. The quantitative estimate of drug-likeness (QED) is 0.317. The molecule has 6 rings (SSSR count). The van der Waals surface area contributed by atoms with Crippen molar-refractivity contribution >= 4 is 23.3 Å². The maximum absolute atomic E-state index is 13.4. The van der Waals surface area contributed by atoms with Crippen molar-refractivity contribution in [3.8, 4) is 0 Å². The molecule has 0 N–H and O–H groups in total. The molecule has 4 aliphatic heterocycles. The Balaban J connectivity index is 1.05. The smallest absolute Gasteiger partial charge is 0.316 e. The summed E-state index contributed by atoms with van der Waals surface area (Å²) in [6.45, 7) is -0.346. The minimum Gasteiger partial charge on any atom is -0.462 e. The first-order valence-electron chi connectivity index (χ1n) is 16.0. The van der Waals surface area contributed by atoms with Gasteiger partial charge in [0.15, 0.2) is 0 Å². The predicted molar refractivity (Wildman–Crippen MR) is 166 cm³/mol. The van der Waals surface area contributed by atoms with Crippen molar-refractivity contribution in [3.05, 3.63) is 71.8 Å². The van der Waals surface area contributed by atoms with E-state index in [1.807, 2.05) is 60.7 Å². The predicted octanol–water partition coefficient (Wildman–Crippen LogP) is 4.50. The second-order valence-electron chi connectivity index (χ2n) is 12.9. The summed E-state index contributed by atoms with van der Waals surface area (Å²) in [6.07, 6.45) is 7.56. The molecule has 9 nitrogen and oxygen atoms in total. The zero-order valence-electron chi connectivity index (χ0n) is 25.6. The van der Waals surface area contributed by atoms with Crippen LogP contribution in [0.4, 0.5) is 0 Å². The van der Waals surface area contributed by atoms with E-state index in [-0.39, 0.29) is 37.4 Å². The van der Waals surface area contributed by atoms with E-state index in [0.717, 1.165) is 62.5 Å². The second kappa shape index (κ2) is 14.2. The highest BCUT2D eigenvalue weighted by Crippen LogP contribution is 2.37. The first kappa shape index (κ1) is 31.4. The molecular weight excluding hydrogens is 580 g/mol. The summed E-state index contributed by atoms with van der Waals surface area (Å²) in [5.74, 6) is -2.29. The number of carbonyl (C=O) groups is 2. The molecule has 238 valence electrons. The summed E-state index contributed by atoms with van der Waals surface area (Å²) in [6, 6.07) is 20.3. The molecule has 2 aromatic carbocycles. The number of nitrogens with zero attached hydrogens (tertiary/aromatic N) is 2. The number of ether oxygens (including phenoxy) is 2. The highest BCUT2D eigenvalue weighted by Gasteiger charge is 2.42. The maximum atomic E-state index is 13.4. The van der Waals surface area contributed by atoms with E-state index in [2.05, 4.69) is 23.9 Å². The average molecular weight is 625 g/mol. The van der Waals surface area contributed by atoms with E-state index < -0.39 is 23.2 Å². The molecule has 4 bridgehead atoms. The number of carbonyl (C=O) groups excluding carboxylic acids is 2.